The summed E-state index contributed by atoms with van der Waals surface area (Å²) in [6, 6.07) is 10.1. The second kappa shape index (κ2) is 8.16. The average Bonchev–Trinajstić information content (AvgIpc) is 3.17. The Bertz CT molecular complexity index is 722. The number of amides is 2. The number of piperazine rings is 1. The van der Waals surface area contributed by atoms with Gasteiger partial charge in [0.1, 0.15) is 0 Å². The molecule has 3 rings (SSSR count). The second-order valence-electron chi connectivity index (χ2n) is 6.17. The van der Waals surface area contributed by atoms with Crippen LogP contribution < -0.4 is 10.2 Å². The Morgan fingerprint density at radius 2 is 1.88 bits per heavy atom. The molecule has 2 amide bonds. The zero-order valence-electron chi connectivity index (χ0n) is 14.4. The lowest BCUT2D eigenvalue weighted by atomic mass is 10.1. The van der Waals surface area contributed by atoms with Gasteiger partial charge < -0.3 is 15.1 Å². The van der Waals surface area contributed by atoms with E-state index in [2.05, 4.69) is 35.3 Å². The van der Waals surface area contributed by atoms with Crippen LogP contribution >= 0.6 is 11.3 Å². The van der Waals surface area contributed by atoms with Gasteiger partial charge in [-0.2, -0.15) is 11.3 Å². The molecule has 0 saturated carbocycles. The molecule has 0 unspecified atom stereocenters. The van der Waals surface area contributed by atoms with Crippen LogP contribution in [-0.2, 0) is 4.79 Å². The van der Waals surface area contributed by atoms with Crippen LogP contribution in [0.4, 0.5) is 5.69 Å². The zero-order valence-corrected chi connectivity index (χ0v) is 15.2. The van der Waals surface area contributed by atoms with Crippen LogP contribution in [0.25, 0.3) is 0 Å². The Morgan fingerprint density at radius 3 is 2.56 bits per heavy atom. The molecule has 0 radical (unpaired) electrons. The first-order valence-electron chi connectivity index (χ1n) is 8.54. The zero-order chi connectivity index (χ0) is 17.6. The molecule has 132 valence electrons. The maximum atomic E-state index is 12.3. The fourth-order valence-electron chi connectivity index (χ4n) is 3.05. The van der Waals surface area contributed by atoms with E-state index in [-0.39, 0.29) is 11.8 Å². The van der Waals surface area contributed by atoms with Crippen molar-refractivity contribution in [2.24, 2.45) is 0 Å². The number of thiophene rings is 1. The lowest BCUT2D eigenvalue weighted by molar-refractivity contribution is -0.131. The number of aryl methyl sites for hydroxylation is 1. The van der Waals surface area contributed by atoms with Gasteiger partial charge in [0.2, 0.25) is 5.91 Å². The number of carbonyl (C=O) groups excluding carboxylic acids is 2. The van der Waals surface area contributed by atoms with E-state index in [9.17, 15) is 9.59 Å². The van der Waals surface area contributed by atoms with E-state index in [1.165, 1.54) is 22.6 Å². The molecule has 1 fully saturated rings. The summed E-state index contributed by atoms with van der Waals surface area (Å²) >= 11 is 1.49. The summed E-state index contributed by atoms with van der Waals surface area (Å²) in [4.78, 5) is 28.4. The van der Waals surface area contributed by atoms with Crippen LogP contribution in [0.3, 0.4) is 0 Å². The highest BCUT2D eigenvalue weighted by atomic mass is 32.1. The van der Waals surface area contributed by atoms with E-state index in [1.807, 2.05) is 21.7 Å². The average molecular weight is 357 g/mol. The number of nitrogens with one attached hydrogen (secondary N) is 1. The van der Waals surface area contributed by atoms with Gasteiger partial charge >= 0.3 is 0 Å². The van der Waals surface area contributed by atoms with Gasteiger partial charge in [0.15, 0.2) is 0 Å². The number of rotatable bonds is 5. The first-order chi connectivity index (χ1) is 12.1. The van der Waals surface area contributed by atoms with Gasteiger partial charge in [-0.25, -0.2) is 0 Å². The summed E-state index contributed by atoms with van der Waals surface area (Å²) in [5, 5.41) is 6.48. The summed E-state index contributed by atoms with van der Waals surface area (Å²) < 4.78 is 0. The monoisotopic (exact) mass is 357 g/mol. The number of hydrogen-bond acceptors (Lipinski definition) is 4. The molecule has 0 bridgehead atoms. The first-order valence-corrected chi connectivity index (χ1v) is 9.48. The quantitative estimate of drug-likeness (QED) is 0.895. The van der Waals surface area contributed by atoms with E-state index < -0.39 is 0 Å². The Morgan fingerprint density at radius 1 is 1.12 bits per heavy atom. The largest absolute Gasteiger partial charge is 0.368 e. The van der Waals surface area contributed by atoms with Crippen LogP contribution in [0.5, 0.6) is 0 Å². The summed E-state index contributed by atoms with van der Waals surface area (Å²) in [5.74, 6) is -0.00604. The van der Waals surface area contributed by atoms with Crippen molar-refractivity contribution in [3.05, 3.63) is 52.2 Å². The molecule has 6 heteroatoms. The predicted molar refractivity (Wildman–Crippen MR) is 101 cm³/mol. The lowest BCUT2D eigenvalue weighted by Crippen LogP contribution is -2.49. The van der Waals surface area contributed by atoms with Crippen molar-refractivity contribution >= 4 is 28.8 Å². The van der Waals surface area contributed by atoms with Gasteiger partial charge in [0.05, 0.1) is 0 Å². The molecule has 1 aromatic heterocycles. The van der Waals surface area contributed by atoms with Crippen molar-refractivity contribution in [1.82, 2.24) is 10.2 Å². The number of nitrogens with zero attached hydrogens (tertiary/aromatic N) is 2. The van der Waals surface area contributed by atoms with Crippen molar-refractivity contribution in [1.29, 1.82) is 0 Å². The number of carbonyl (C=O) groups is 2. The molecule has 0 atom stereocenters. The standard InChI is InChI=1S/C19H23N3O2S/c1-15-4-2-3-5-17(15)21-9-11-22(12-10-21)18(23)6-8-20-19(24)16-7-13-25-14-16/h2-5,7,13-14H,6,8-12H2,1H3,(H,20,24). The highest BCUT2D eigenvalue weighted by Gasteiger charge is 2.21. The minimum absolute atomic E-state index is 0.107. The molecule has 2 heterocycles. The lowest BCUT2D eigenvalue weighted by Gasteiger charge is -2.36. The summed E-state index contributed by atoms with van der Waals surface area (Å²) in [7, 11) is 0. The van der Waals surface area contributed by atoms with Crippen molar-refractivity contribution in [2.75, 3.05) is 37.6 Å². The van der Waals surface area contributed by atoms with Crippen molar-refractivity contribution in [3.63, 3.8) is 0 Å². The van der Waals surface area contributed by atoms with Crippen LogP contribution in [0.15, 0.2) is 41.1 Å². The van der Waals surface area contributed by atoms with Gasteiger partial charge in [-0.3, -0.25) is 9.59 Å². The van der Waals surface area contributed by atoms with Crippen molar-refractivity contribution in [2.45, 2.75) is 13.3 Å². The van der Waals surface area contributed by atoms with Crippen LogP contribution in [-0.4, -0.2) is 49.4 Å². The maximum Gasteiger partial charge on any atom is 0.252 e. The Kier molecular flexibility index (Phi) is 5.71. The summed E-state index contributed by atoms with van der Waals surface area (Å²) in [5.41, 5.74) is 3.17. The smallest absolute Gasteiger partial charge is 0.252 e. The molecule has 25 heavy (non-hydrogen) atoms. The highest BCUT2D eigenvalue weighted by molar-refractivity contribution is 7.08. The summed E-state index contributed by atoms with van der Waals surface area (Å²) in [6.07, 6.45) is 0.347. The Hall–Kier alpha value is -2.34. The number of hydrogen-bond donors (Lipinski definition) is 1. The first kappa shape index (κ1) is 17.5. The molecule has 2 aromatic rings. The van der Waals surface area contributed by atoms with E-state index in [0.717, 1.165) is 26.2 Å². The van der Waals surface area contributed by atoms with E-state index in [0.29, 0.717) is 18.5 Å². The molecule has 1 aliphatic heterocycles. The number of anilines is 1. The van der Waals surface area contributed by atoms with Crippen LogP contribution in [0.1, 0.15) is 22.3 Å². The van der Waals surface area contributed by atoms with Crippen LogP contribution in [0, 0.1) is 6.92 Å². The van der Waals surface area contributed by atoms with Crippen LogP contribution in [0.2, 0.25) is 0 Å². The van der Waals surface area contributed by atoms with Gasteiger partial charge in [-0.05, 0) is 30.0 Å². The second-order valence-corrected chi connectivity index (χ2v) is 6.95. The van der Waals surface area contributed by atoms with Gasteiger partial charge in [0.25, 0.3) is 5.91 Å². The van der Waals surface area contributed by atoms with Crippen molar-refractivity contribution in [3.8, 4) is 0 Å². The normalized spacial score (nSPS) is 14.4. The topological polar surface area (TPSA) is 52.6 Å². The third-order valence-corrected chi connectivity index (χ3v) is 5.18. The van der Waals surface area contributed by atoms with E-state index in [4.69, 9.17) is 0 Å². The molecule has 1 N–H and O–H groups in total. The van der Waals surface area contributed by atoms with E-state index in [1.54, 1.807) is 6.07 Å². The fourth-order valence-corrected chi connectivity index (χ4v) is 3.69. The van der Waals surface area contributed by atoms with Gasteiger partial charge in [0, 0.05) is 55.8 Å². The highest BCUT2D eigenvalue weighted by Crippen LogP contribution is 2.20. The number of para-hydroxylation sites is 1. The molecular weight excluding hydrogens is 334 g/mol. The fraction of sp³-hybridized carbons (Fsp3) is 0.368. The maximum absolute atomic E-state index is 12.3. The third kappa shape index (κ3) is 4.39. The molecule has 1 saturated heterocycles. The molecule has 5 nitrogen and oxygen atoms in total. The molecule has 1 aliphatic rings. The molecular formula is C19H23N3O2S. The molecule has 1 aromatic carbocycles. The van der Waals surface area contributed by atoms with Gasteiger partial charge in [-0.1, -0.05) is 18.2 Å². The summed E-state index contributed by atoms with van der Waals surface area (Å²) in [6.45, 7) is 5.64. The SMILES string of the molecule is Cc1ccccc1N1CCN(C(=O)CCNC(=O)c2ccsc2)CC1. The van der Waals surface area contributed by atoms with Crippen molar-refractivity contribution < 1.29 is 9.59 Å². The predicted octanol–water partition coefficient (Wildman–Crippen LogP) is 2.53. The third-order valence-electron chi connectivity index (χ3n) is 4.50. The van der Waals surface area contributed by atoms with Gasteiger partial charge in [-0.15, -0.1) is 0 Å². The molecule has 0 aliphatic carbocycles. The van der Waals surface area contributed by atoms with E-state index >= 15 is 0 Å². The molecule has 0 spiro atoms. The minimum atomic E-state index is -0.113. The minimum Gasteiger partial charge on any atom is -0.368 e. The Labute approximate surface area is 152 Å². The Balaban J connectivity index is 1.42. The number of benzene rings is 1.